The third kappa shape index (κ3) is 4.05. The highest BCUT2D eigenvalue weighted by Gasteiger charge is 2.23. The van der Waals surface area contributed by atoms with Crippen LogP contribution in [0.3, 0.4) is 0 Å². The summed E-state index contributed by atoms with van der Waals surface area (Å²) in [5, 5.41) is 0. The summed E-state index contributed by atoms with van der Waals surface area (Å²) in [6.45, 7) is 10.8. The van der Waals surface area contributed by atoms with Crippen molar-refractivity contribution in [1.82, 2.24) is 9.80 Å². The van der Waals surface area contributed by atoms with Crippen LogP contribution >= 0.6 is 0 Å². The summed E-state index contributed by atoms with van der Waals surface area (Å²) in [6.07, 6.45) is 3.62. The third-order valence-electron chi connectivity index (χ3n) is 5.13. The number of likely N-dealkylation sites (tertiary alicyclic amines) is 1. The minimum absolute atomic E-state index is 0.324. The van der Waals surface area contributed by atoms with Crippen LogP contribution in [0.5, 0.6) is 0 Å². The van der Waals surface area contributed by atoms with E-state index in [1.165, 1.54) is 36.1 Å². The highest BCUT2D eigenvalue weighted by atomic mass is 16.2. The summed E-state index contributed by atoms with van der Waals surface area (Å²) in [6, 6.07) is 6.68. The Balaban J connectivity index is 1.51. The van der Waals surface area contributed by atoms with Crippen molar-refractivity contribution in [3.63, 3.8) is 0 Å². The van der Waals surface area contributed by atoms with Crippen molar-refractivity contribution in [2.24, 2.45) is 0 Å². The van der Waals surface area contributed by atoms with E-state index >= 15 is 0 Å². The van der Waals surface area contributed by atoms with Crippen LogP contribution in [0.2, 0.25) is 0 Å². The molecule has 0 spiro atoms. The molecule has 2 aliphatic rings. The van der Waals surface area contributed by atoms with Gasteiger partial charge in [-0.1, -0.05) is 17.7 Å². The number of anilines is 1. The normalized spacial score (nSPS) is 19.9. The molecule has 2 fully saturated rings. The molecule has 2 aliphatic heterocycles. The van der Waals surface area contributed by atoms with Crippen LogP contribution in [0.1, 0.15) is 30.4 Å². The van der Waals surface area contributed by atoms with Gasteiger partial charge in [-0.3, -0.25) is 9.69 Å². The van der Waals surface area contributed by atoms with Gasteiger partial charge >= 0.3 is 0 Å². The molecule has 0 bridgehead atoms. The topological polar surface area (TPSA) is 26.8 Å². The van der Waals surface area contributed by atoms with E-state index in [0.29, 0.717) is 12.5 Å². The number of nitrogens with zero attached hydrogens (tertiary/aromatic N) is 3. The summed E-state index contributed by atoms with van der Waals surface area (Å²) in [7, 11) is 0. The molecule has 4 nitrogen and oxygen atoms in total. The summed E-state index contributed by atoms with van der Waals surface area (Å²) in [5.74, 6) is 0.324. The first-order chi connectivity index (χ1) is 11.1. The van der Waals surface area contributed by atoms with Crippen LogP contribution in [0.25, 0.3) is 0 Å². The molecule has 1 aromatic carbocycles. The Morgan fingerprint density at radius 1 is 0.957 bits per heavy atom. The van der Waals surface area contributed by atoms with Gasteiger partial charge in [-0.05, 0) is 44.7 Å². The Bertz CT molecular complexity index is 544. The van der Waals surface area contributed by atoms with E-state index in [-0.39, 0.29) is 0 Å². The van der Waals surface area contributed by atoms with E-state index in [0.717, 1.165) is 39.3 Å². The van der Waals surface area contributed by atoms with Crippen molar-refractivity contribution in [3.05, 3.63) is 29.3 Å². The second-order valence-electron chi connectivity index (χ2n) is 6.99. The third-order valence-corrected chi connectivity index (χ3v) is 5.13. The lowest BCUT2D eigenvalue weighted by atomic mass is 10.1. The Morgan fingerprint density at radius 2 is 1.65 bits per heavy atom. The largest absolute Gasteiger partial charge is 0.369 e. The number of aryl methyl sites for hydroxylation is 2. The lowest BCUT2D eigenvalue weighted by Crippen LogP contribution is -2.50. The van der Waals surface area contributed by atoms with Crippen molar-refractivity contribution in [3.8, 4) is 0 Å². The first-order valence-corrected chi connectivity index (χ1v) is 8.96. The van der Waals surface area contributed by atoms with Gasteiger partial charge in [-0.25, -0.2) is 0 Å². The molecule has 0 saturated carbocycles. The van der Waals surface area contributed by atoms with Crippen LogP contribution in [-0.2, 0) is 4.79 Å². The van der Waals surface area contributed by atoms with E-state index in [4.69, 9.17) is 0 Å². The van der Waals surface area contributed by atoms with Gasteiger partial charge in [0.2, 0.25) is 5.91 Å². The monoisotopic (exact) mass is 315 g/mol. The molecule has 0 unspecified atom stereocenters. The number of carbonyl (C=O) groups is 1. The molecule has 2 saturated heterocycles. The van der Waals surface area contributed by atoms with Crippen molar-refractivity contribution >= 4 is 11.6 Å². The molecular weight excluding hydrogens is 286 g/mol. The summed E-state index contributed by atoms with van der Waals surface area (Å²) < 4.78 is 0. The van der Waals surface area contributed by atoms with Gasteiger partial charge in [-0.15, -0.1) is 0 Å². The Labute approximate surface area is 140 Å². The SMILES string of the molecule is Cc1ccc(N2CCN(CC(=O)N3CCCCC3)CC2)c(C)c1. The zero-order valence-electron chi connectivity index (χ0n) is 14.6. The number of amides is 1. The molecule has 2 heterocycles. The standard InChI is InChI=1S/C19H29N3O/c1-16-6-7-18(17(2)14-16)21-12-10-20(11-13-21)15-19(23)22-8-4-3-5-9-22/h6-7,14H,3-5,8-13,15H2,1-2H3. The van der Waals surface area contributed by atoms with Crippen molar-refractivity contribution in [2.75, 3.05) is 50.7 Å². The van der Waals surface area contributed by atoms with E-state index in [2.05, 4.69) is 46.7 Å². The number of piperidine rings is 1. The Hall–Kier alpha value is -1.55. The fourth-order valence-corrected chi connectivity index (χ4v) is 3.74. The molecule has 0 radical (unpaired) electrons. The number of hydrogen-bond donors (Lipinski definition) is 0. The minimum Gasteiger partial charge on any atom is -0.369 e. The number of benzene rings is 1. The molecule has 1 aromatic rings. The average molecular weight is 315 g/mol. The van der Waals surface area contributed by atoms with Gasteiger partial charge in [0.05, 0.1) is 6.54 Å². The number of carbonyl (C=O) groups excluding carboxylic acids is 1. The minimum atomic E-state index is 0.324. The fraction of sp³-hybridized carbons (Fsp3) is 0.632. The van der Waals surface area contributed by atoms with Crippen LogP contribution in [0, 0.1) is 13.8 Å². The van der Waals surface area contributed by atoms with Crippen LogP contribution in [0.15, 0.2) is 18.2 Å². The molecule has 3 rings (SSSR count). The summed E-state index contributed by atoms with van der Waals surface area (Å²) >= 11 is 0. The lowest BCUT2D eigenvalue weighted by Gasteiger charge is -2.37. The van der Waals surface area contributed by atoms with Crippen molar-refractivity contribution in [2.45, 2.75) is 33.1 Å². The molecule has 4 heteroatoms. The predicted molar refractivity (Wildman–Crippen MR) is 95.0 cm³/mol. The molecule has 23 heavy (non-hydrogen) atoms. The highest BCUT2D eigenvalue weighted by Crippen LogP contribution is 2.22. The molecule has 0 atom stereocenters. The van der Waals surface area contributed by atoms with Crippen molar-refractivity contribution < 1.29 is 4.79 Å². The van der Waals surface area contributed by atoms with E-state index < -0.39 is 0 Å². The van der Waals surface area contributed by atoms with Gasteiger partial charge in [0.15, 0.2) is 0 Å². The zero-order valence-corrected chi connectivity index (χ0v) is 14.6. The smallest absolute Gasteiger partial charge is 0.236 e. The molecule has 1 amide bonds. The van der Waals surface area contributed by atoms with E-state index in [9.17, 15) is 4.79 Å². The maximum Gasteiger partial charge on any atom is 0.236 e. The highest BCUT2D eigenvalue weighted by molar-refractivity contribution is 5.78. The maximum atomic E-state index is 12.4. The molecule has 126 valence electrons. The number of piperazine rings is 1. The first kappa shape index (κ1) is 16.3. The van der Waals surface area contributed by atoms with Crippen LogP contribution in [0.4, 0.5) is 5.69 Å². The van der Waals surface area contributed by atoms with Crippen molar-refractivity contribution in [1.29, 1.82) is 0 Å². The van der Waals surface area contributed by atoms with Crippen LogP contribution in [-0.4, -0.2) is 61.5 Å². The second kappa shape index (κ2) is 7.35. The molecule has 0 aliphatic carbocycles. The first-order valence-electron chi connectivity index (χ1n) is 8.96. The van der Waals surface area contributed by atoms with Gasteiger partial charge in [-0.2, -0.15) is 0 Å². The zero-order chi connectivity index (χ0) is 16.2. The summed E-state index contributed by atoms with van der Waals surface area (Å²) in [5.41, 5.74) is 4.01. The predicted octanol–water partition coefficient (Wildman–Crippen LogP) is 2.44. The maximum absolute atomic E-state index is 12.4. The fourth-order valence-electron chi connectivity index (χ4n) is 3.74. The average Bonchev–Trinajstić information content (AvgIpc) is 2.57. The van der Waals surface area contributed by atoms with E-state index in [1.807, 2.05) is 0 Å². The van der Waals surface area contributed by atoms with Gasteiger partial charge in [0.25, 0.3) is 0 Å². The van der Waals surface area contributed by atoms with Gasteiger partial charge in [0, 0.05) is 45.0 Å². The second-order valence-corrected chi connectivity index (χ2v) is 6.99. The molecule has 0 aromatic heterocycles. The lowest BCUT2D eigenvalue weighted by molar-refractivity contribution is -0.133. The number of rotatable bonds is 3. The molecule has 0 N–H and O–H groups in total. The Morgan fingerprint density at radius 3 is 2.30 bits per heavy atom. The van der Waals surface area contributed by atoms with E-state index in [1.54, 1.807) is 0 Å². The molecular formula is C19H29N3O. The van der Waals surface area contributed by atoms with Gasteiger partial charge < -0.3 is 9.80 Å². The quantitative estimate of drug-likeness (QED) is 0.857. The Kier molecular flexibility index (Phi) is 5.21. The summed E-state index contributed by atoms with van der Waals surface area (Å²) in [4.78, 5) is 19.2. The number of hydrogen-bond acceptors (Lipinski definition) is 3. The van der Waals surface area contributed by atoms with Crippen LogP contribution < -0.4 is 4.90 Å². The van der Waals surface area contributed by atoms with Gasteiger partial charge in [0.1, 0.15) is 0 Å².